The van der Waals surface area contributed by atoms with Gasteiger partial charge in [0, 0.05) is 17.8 Å². The summed E-state index contributed by atoms with van der Waals surface area (Å²) in [5.41, 5.74) is 3.20. The molecule has 0 amide bonds. The van der Waals surface area contributed by atoms with Crippen molar-refractivity contribution < 1.29 is 0 Å². The number of hydrogen-bond donors (Lipinski definition) is 0. The molecule has 108 valence electrons. The first-order valence-corrected chi connectivity index (χ1v) is 7.65. The molecule has 0 bridgehead atoms. The molecule has 0 N–H and O–H groups in total. The van der Waals surface area contributed by atoms with E-state index in [2.05, 4.69) is 14.5 Å². The van der Waals surface area contributed by atoms with E-state index in [0.29, 0.717) is 0 Å². The van der Waals surface area contributed by atoms with Crippen molar-refractivity contribution in [3.63, 3.8) is 0 Å². The van der Waals surface area contributed by atoms with Crippen LogP contribution in [0.15, 0.2) is 42.7 Å². The van der Waals surface area contributed by atoms with Gasteiger partial charge < -0.3 is 4.57 Å². The second-order valence-electron chi connectivity index (χ2n) is 4.98. The largest absolute Gasteiger partial charge is 0.326 e. The quantitative estimate of drug-likeness (QED) is 0.656. The summed E-state index contributed by atoms with van der Waals surface area (Å²) < 4.78 is 2.17. The maximum atomic E-state index is 6.26. The smallest absolute Gasteiger partial charge is 0.127 e. The first-order chi connectivity index (χ1) is 10.1. The predicted molar refractivity (Wildman–Crippen MR) is 87.0 cm³/mol. The van der Waals surface area contributed by atoms with Crippen molar-refractivity contribution in [2.75, 3.05) is 0 Å². The van der Waals surface area contributed by atoms with Crippen molar-refractivity contribution in [3.05, 3.63) is 59.1 Å². The Morgan fingerprint density at radius 2 is 1.95 bits per heavy atom. The number of imidazole rings is 1. The number of hydrogen-bond acceptors (Lipinski definition) is 2. The first kappa shape index (κ1) is 14.4. The van der Waals surface area contributed by atoms with Gasteiger partial charge in [0.1, 0.15) is 11.3 Å². The normalized spacial score (nSPS) is 12.7. The number of halogens is 2. The third-order valence-electron chi connectivity index (χ3n) is 3.47. The molecule has 0 saturated heterocycles. The lowest BCUT2D eigenvalue weighted by atomic mass is 10.1. The fourth-order valence-corrected chi connectivity index (χ4v) is 2.72. The lowest BCUT2D eigenvalue weighted by Gasteiger charge is -2.10. The summed E-state index contributed by atoms with van der Waals surface area (Å²) in [5.74, 6) is 0.883. The highest BCUT2D eigenvalue weighted by Gasteiger charge is 2.14. The summed E-state index contributed by atoms with van der Waals surface area (Å²) in [4.78, 5) is 8.71. The zero-order valence-electron chi connectivity index (χ0n) is 11.6. The summed E-state index contributed by atoms with van der Waals surface area (Å²) in [7, 11) is 0. The van der Waals surface area contributed by atoms with Gasteiger partial charge in [-0.2, -0.15) is 0 Å². The van der Waals surface area contributed by atoms with Crippen LogP contribution in [0.5, 0.6) is 0 Å². The Hall–Kier alpha value is -1.58. The molecule has 0 saturated carbocycles. The molecule has 1 atom stereocenters. The van der Waals surface area contributed by atoms with Crippen LogP contribution >= 0.6 is 23.2 Å². The molecule has 21 heavy (non-hydrogen) atoms. The Kier molecular flexibility index (Phi) is 4.13. The lowest BCUT2D eigenvalue weighted by molar-refractivity contribution is 0.668. The van der Waals surface area contributed by atoms with Crippen molar-refractivity contribution in [3.8, 4) is 0 Å². The highest BCUT2D eigenvalue weighted by atomic mass is 35.5. The fraction of sp³-hybridized carbons (Fsp3) is 0.250. The Morgan fingerprint density at radius 1 is 1.19 bits per heavy atom. The van der Waals surface area contributed by atoms with Gasteiger partial charge in [-0.1, -0.05) is 23.7 Å². The van der Waals surface area contributed by atoms with E-state index in [1.807, 2.05) is 37.3 Å². The molecule has 3 nitrogen and oxygen atoms in total. The first-order valence-electron chi connectivity index (χ1n) is 6.84. The summed E-state index contributed by atoms with van der Waals surface area (Å²) in [6.07, 6.45) is 4.46. The van der Waals surface area contributed by atoms with E-state index >= 15 is 0 Å². The molecule has 0 radical (unpaired) electrons. The van der Waals surface area contributed by atoms with Crippen molar-refractivity contribution in [1.29, 1.82) is 0 Å². The van der Waals surface area contributed by atoms with Gasteiger partial charge in [-0.05, 0) is 37.1 Å². The molecular weight excluding hydrogens is 305 g/mol. The number of benzene rings is 1. The standard InChI is InChI=1S/C16H15Cl2N3/c1-11(17)16-20-14-10-19-8-6-15(14)21(16)9-7-12-2-4-13(18)5-3-12/h2-6,8,10-11H,7,9H2,1H3. The molecule has 5 heteroatoms. The van der Waals surface area contributed by atoms with Crippen LogP contribution in [0.25, 0.3) is 11.0 Å². The topological polar surface area (TPSA) is 30.7 Å². The average molecular weight is 320 g/mol. The molecule has 1 aromatic carbocycles. The SMILES string of the molecule is CC(Cl)c1nc2cnccc2n1CCc1ccc(Cl)cc1. The van der Waals surface area contributed by atoms with Gasteiger partial charge in [0.15, 0.2) is 0 Å². The molecule has 0 spiro atoms. The Labute approximate surface area is 133 Å². The van der Waals surface area contributed by atoms with Crippen molar-refractivity contribution >= 4 is 34.2 Å². The van der Waals surface area contributed by atoms with E-state index in [9.17, 15) is 0 Å². The third kappa shape index (κ3) is 3.04. The van der Waals surface area contributed by atoms with E-state index in [4.69, 9.17) is 23.2 Å². The Balaban J connectivity index is 1.91. The molecule has 2 heterocycles. The molecule has 0 aliphatic heterocycles. The predicted octanol–water partition coefficient (Wildman–Crippen LogP) is 4.63. The zero-order valence-corrected chi connectivity index (χ0v) is 13.1. The number of pyridine rings is 1. The molecule has 2 aromatic heterocycles. The van der Waals surface area contributed by atoms with Crippen LogP contribution in [-0.4, -0.2) is 14.5 Å². The van der Waals surface area contributed by atoms with E-state index in [0.717, 1.165) is 34.8 Å². The van der Waals surface area contributed by atoms with Crippen LogP contribution in [-0.2, 0) is 13.0 Å². The zero-order chi connectivity index (χ0) is 14.8. The molecule has 0 fully saturated rings. The average Bonchev–Trinajstić information content (AvgIpc) is 2.86. The van der Waals surface area contributed by atoms with Crippen LogP contribution in [0.2, 0.25) is 5.02 Å². The van der Waals surface area contributed by atoms with Gasteiger partial charge in [0.05, 0.1) is 17.1 Å². The minimum absolute atomic E-state index is 0.136. The van der Waals surface area contributed by atoms with Crippen LogP contribution in [0.3, 0.4) is 0 Å². The van der Waals surface area contributed by atoms with E-state index in [1.165, 1.54) is 5.56 Å². The van der Waals surface area contributed by atoms with Gasteiger partial charge in [-0.3, -0.25) is 4.98 Å². The van der Waals surface area contributed by atoms with E-state index in [-0.39, 0.29) is 5.38 Å². The maximum absolute atomic E-state index is 6.26. The minimum atomic E-state index is -0.136. The number of aromatic nitrogens is 3. The van der Waals surface area contributed by atoms with Gasteiger partial charge in [0.2, 0.25) is 0 Å². The lowest BCUT2D eigenvalue weighted by Crippen LogP contribution is -2.06. The minimum Gasteiger partial charge on any atom is -0.326 e. The van der Waals surface area contributed by atoms with Gasteiger partial charge >= 0.3 is 0 Å². The van der Waals surface area contributed by atoms with Crippen molar-refractivity contribution in [2.24, 2.45) is 0 Å². The van der Waals surface area contributed by atoms with Crippen LogP contribution in [0.1, 0.15) is 23.7 Å². The number of alkyl halides is 1. The fourth-order valence-electron chi connectivity index (χ4n) is 2.43. The van der Waals surface area contributed by atoms with Crippen molar-refractivity contribution in [2.45, 2.75) is 25.3 Å². The number of rotatable bonds is 4. The number of aryl methyl sites for hydroxylation is 2. The number of fused-ring (bicyclic) bond motifs is 1. The second-order valence-corrected chi connectivity index (χ2v) is 6.07. The summed E-state index contributed by atoms with van der Waals surface area (Å²) >= 11 is 12.2. The van der Waals surface area contributed by atoms with Gasteiger partial charge in [-0.15, -0.1) is 11.6 Å². The van der Waals surface area contributed by atoms with E-state index in [1.54, 1.807) is 12.4 Å². The van der Waals surface area contributed by atoms with Crippen LogP contribution in [0, 0.1) is 0 Å². The molecule has 0 aliphatic rings. The third-order valence-corrected chi connectivity index (χ3v) is 3.92. The highest BCUT2D eigenvalue weighted by Crippen LogP contribution is 2.24. The van der Waals surface area contributed by atoms with Crippen LogP contribution in [0.4, 0.5) is 0 Å². The molecule has 0 aliphatic carbocycles. The summed E-state index contributed by atoms with van der Waals surface area (Å²) in [5, 5.41) is 0.621. The highest BCUT2D eigenvalue weighted by molar-refractivity contribution is 6.30. The molecule has 3 rings (SSSR count). The molecule has 1 unspecified atom stereocenters. The summed E-state index contributed by atoms with van der Waals surface area (Å²) in [6.45, 7) is 2.77. The molecule has 3 aromatic rings. The summed E-state index contributed by atoms with van der Waals surface area (Å²) in [6, 6.07) is 9.91. The van der Waals surface area contributed by atoms with Crippen molar-refractivity contribution in [1.82, 2.24) is 14.5 Å². The monoisotopic (exact) mass is 319 g/mol. The van der Waals surface area contributed by atoms with Crippen LogP contribution < -0.4 is 0 Å². The van der Waals surface area contributed by atoms with E-state index < -0.39 is 0 Å². The number of nitrogens with zero attached hydrogens (tertiary/aromatic N) is 3. The van der Waals surface area contributed by atoms with Gasteiger partial charge in [-0.25, -0.2) is 4.98 Å². The molecular formula is C16H15Cl2N3. The maximum Gasteiger partial charge on any atom is 0.127 e. The Morgan fingerprint density at radius 3 is 2.67 bits per heavy atom. The Bertz CT molecular complexity index is 748. The van der Waals surface area contributed by atoms with Gasteiger partial charge in [0.25, 0.3) is 0 Å². The second kappa shape index (κ2) is 6.04.